The fraction of sp³-hybridized carbons (Fsp3) is 0.300. The summed E-state index contributed by atoms with van der Waals surface area (Å²) >= 11 is 7.40. The first kappa shape index (κ1) is 18.8. The number of benzene rings is 2. The molecule has 0 aliphatic carbocycles. The number of methoxy groups -OCH3 is 1. The first-order valence-corrected chi connectivity index (χ1v) is 10.2. The van der Waals surface area contributed by atoms with E-state index in [4.69, 9.17) is 21.1 Å². The summed E-state index contributed by atoms with van der Waals surface area (Å²) in [5.41, 5.74) is 1.61. The van der Waals surface area contributed by atoms with Gasteiger partial charge in [0.1, 0.15) is 11.9 Å². The highest BCUT2D eigenvalue weighted by molar-refractivity contribution is 7.20. The Morgan fingerprint density at radius 3 is 2.68 bits per heavy atom. The third-order valence-corrected chi connectivity index (χ3v) is 5.85. The van der Waals surface area contributed by atoms with Gasteiger partial charge >= 0.3 is 6.03 Å². The van der Waals surface area contributed by atoms with Crippen molar-refractivity contribution in [2.24, 2.45) is 0 Å². The van der Waals surface area contributed by atoms with E-state index in [1.807, 2.05) is 18.2 Å². The Labute approximate surface area is 172 Å². The Morgan fingerprint density at radius 2 is 1.96 bits per heavy atom. The predicted octanol–water partition coefficient (Wildman–Crippen LogP) is 5.03. The summed E-state index contributed by atoms with van der Waals surface area (Å²) in [6.07, 6.45) is 1.60. The smallest absolute Gasteiger partial charge is 0.321 e. The number of anilines is 1. The van der Waals surface area contributed by atoms with Crippen molar-refractivity contribution in [3.8, 4) is 10.9 Å². The first-order valence-electron chi connectivity index (χ1n) is 9.03. The highest BCUT2D eigenvalue weighted by atomic mass is 35.5. The molecule has 28 heavy (non-hydrogen) atoms. The minimum absolute atomic E-state index is 0.0574. The highest BCUT2D eigenvalue weighted by Crippen LogP contribution is 2.32. The summed E-state index contributed by atoms with van der Waals surface area (Å²) in [6, 6.07) is 12.8. The SMILES string of the molecule is COc1ccc2sc(OC3CCN(C(=O)Nc4ccc(Cl)cc4)CC3)nc2c1. The summed E-state index contributed by atoms with van der Waals surface area (Å²) in [4.78, 5) is 18.8. The van der Waals surface area contributed by atoms with Gasteiger partial charge in [0.2, 0.25) is 0 Å². The molecule has 0 saturated carbocycles. The zero-order valence-corrected chi connectivity index (χ0v) is 16.9. The van der Waals surface area contributed by atoms with Crippen molar-refractivity contribution < 1.29 is 14.3 Å². The zero-order chi connectivity index (χ0) is 19.5. The van der Waals surface area contributed by atoms with Gasteiger partial charge in [-0.15, -0.1) is 0 Å². The van der Waals surface area contributed by atoms with Crippen LogP contribution in [0.4, 0.5) is 10.5 Å². The number of carbonyl (C=O) groups excluding carboxylic acids is 1. The molecule has 2 amide bonds. The van der Waals surface area contributed by atoms with E-state index in [0.717, 1.165) is 34.5 Å². The molecule has 4 rings (SSSR count). The quantitative estimate of drug-likeness (QED) is 0.646. The number of carbonyl (C=O) groups is 1. The van der Waals surface area contributed by atoms with Gasteiger partial charge in [0, 0.05) is 42.7 Å². The lowest BCUT2D eigenvalue weighted by Gasteiger charge is -2.31. The predicted molar refractivity (Wildman–Crippen MR) is 112 cm³/mol. The van der Waals surface area contributed by atoms with Crippen LogP contribution < -0.4 is 14.8 Å². The highest BCUT2D eigenvalue weighted by Gasteiger charge is 2.25. The van der Waals surface area contributed by atoms with Crippen LogP contribution in [0.15, 0.2) is 42.5 Å². The molecule has 1 N–H and O–H groups in total. The van der Waals surface area contributed by atoms with Crippen LogP contribution in [-0.4, -0.2) is 42.2 Å². The van der Waals surface area contributed by atoms with Crippen molar-refractivity contribution >= 4 is 44.9 Å². The number of urea groups is 1. The molecule has 0 bridgehead atoms. The lowest BCUT2D eigenvalue weighted by Crippen LogP contribution is -2.43. The van der Waals surface area contributed by atoms with Gasteiger partial charge in [-0.05, 0) is 36.4 Å². The molecule has 2 aromatic carbocycles. The summed E-state index contributed by atoms with van der Waals surface area (Å²) < 4.78 is 12.4. The van der Waals surface area contributed by atoms with Crippen LogP contribution >= 0.6 is 22.9 Å². The minimum atomic E-state index is -0.104. The monoisotopic (exact) mass is 417 g/mol. The van der Waals surface area contributed by atoms with Gasteiger partial charge in [-0.3, -0.25) is 0 Å². The molecule has 1 fully saturated rings. The number of hydrogen-bond donors (Lipinski definition) is 1. The van der Waals surface area contributed by atoms with Gasteiger partial charge in [0.15, 0.2) is 0 Å². The summed E-state index contributed by atoms with van der Waals surface area (Å²) in [5.74, 6) is 0.782. The molecule has 1 aliphatic rings. The second-order valence-electron chi connectivity index (χ2n) is 6.55. The molecule has 2 heterocycles. The Kier molecular flexibility index (Phi) is 5.54. The van der Waals surface area contributed by atoms with Crippen LogP contribution in [0.2, 0.25) is 5.02 Å². The van der Waals surface area contributed by atoms with E-state index < -0.39 is 0 Å². The fourth-order valence-corrected chi connectivity index (χ4v) is 4.11. The molecule has 3 aromatic rings. The van der Waals surface area contributed by atoms with Crippen LogP contribution in [0.3, 0.4) is 0 Å². The molecule has 0 radical (unpaired) electrons. The van der Waals surface area contributed by atoms with Crippen LogP contribution in [0.5, 0.6) is 10.9 Å². The van der Waals surface area contributed by atoms with Crippen molar-refractivity contribution in [3.05, 3.63) is 47.5 Å². The van der Waals surface area contributed by atoms with E-state index in [9.17, 15) is 4.79 Å². The van der Waals surface area contributed by atoms with Gasteiger partial charge in [-0.25, -0.2) is 9.78 Å². The summed E-state index contributed by atoms with van der Waals surface area (Å²) in [6.45, 7) is 1.28. The number of fused-ring (bicyclic) bond motifs is 1. The Balaban J connectivity index is 1.31. The lowest BCUT2D eigenvalue weighted by molar-refractivity contribution is 0.115. The number of halogens is 1. The summed E-state index contributed by atoms with van der Waals surface area (Å²) in [5, 5.41) is 4.20. The van der Waals surface area contributed by atoms with Crippen LogP contribution in [-0.2, 0) is 0 Å². The van der Waals surface area contributed by atoms with Crippen molar-refractivity contribution in [2.75, 3.05) is 25.5 Å². The molecule has 1 aromatic heterocycles. The Hall–Kier alpha value is -2.51. The molecular weight excluding hydrogens is 398 g/mol. The van der Waals surface area contributed by atoms with Gasteiger partial charge in [0.25, 0.3) is 5.19 Å². The zero-order valence-electron chi connectivity index (χ0n) is 15.4. The van der Waals surface area contributed by atoms with Crippen molar-refractivity contribution in [1.82, 2.24) is 9.88 Å². The standard InChI is InChI=1S/C20H20ClN3O3S/c1-26-16-6-7-18-17(12-16)23-20(28-18)27-15-8-10-24(11-9-15)19(25)22-14-4-2-13(21)3-5-14/h2-7,12,15H,8-11H2,1H3,(H,22,25). The summed E-state index contributed by atoms with van der Waals surface area (Å²) in [7, 11) is 1.64. The number of amides is 2. The first-order chi connectivity index (χ1) is 13.6. The molecule has 6 nitrogen and oxygen atoms in total. The average molecular weight is 418 g/mol. The second kappa shape index (κ2) is 8.24. The molecule has 1 saturated heterocycles. The topological polar surface area (TPSA) is 63.7 Å². The molecule has 0 unspecified atom stereocenters. The third kappa shape index (κ3) is 4.31. The Bertz CT molecular complexity index is 968. The van der Waals surface area contributed by atoms with Gasteiger partial charge in [-0.1, -0.05) is 22.9 Å². The van der Waals surface area contributed by atoms with Gasteiger partial charge in [-0.2, -0.15) is 0 Å². The average Bonchev–Trinajstić information content (AvgIpc) is 3.11. The van der Waals surface area contributed by atoms with Crippen molar-refractivity contribution in [3.63, 3.8) is 0 Å². The number of nitrogens with one attached hydrogen (secondary N) is 1. The van der Waals surface area contributed by atoms with Gasteiger partial charge in [0.05, 0.1) is 17.3 Å². The normalized spacial score (nSPS) is 14.9. The number of hydrogen-bond acceptors (Lipinski definition) is 5. The molecular formula is C20H20ClN3O3S. The van der Waals surface area contributed by atoms with E-state index in [0.29, 0.717) is 23.3 Å². The number of thiazole rings is 1. The van der Waals surface area contributed by atoms with E-state index >= 15 is 0 Å². The van der Waals surface area contributed by atoms with Crippen LogP contribution in [0, 0.1) is 0 Å². The van der Waals surface area contributed by atoms with Crippen LogP contribution in [0.25, 0.3) is 10.2 Å². The second-order valence-corrected chi connectivity index (χ2v) is 7.98. The van der Waals surface area contributed by atoms with Gasteiger partial charge < -0.3 is 19.7 Å². The minimum Gasteiger partial charge on any atom is -0.497 e. The fourth-order valence-electron chi connectivity index (χ4n) is 3.12. The largest absolute Gasteiger partial charge is 0.497 e. The Morgan fingerprint density at radius 1 is 1.21 bits per heavy atom. The van der Waals surface area contributed by atoms with E-state index in [2.05, 4.69) is 10.3 Å². The maximum absolute atomic E-state index is 12.4. The molecule has 8 heteroatoms. The van der Waals surface area contributed by atoms with E-state index in [-0.39, 0.29) is 12.1 Å². The lowest BCUT2D eigenvalue weighted by atomic mass is 10.1. The molecule has 1 aliphatic heterocycles. The van der Waals surface area contributed by atoms with E-state index in [1.165, 1.54) is 11.3 Å². The number of ether oxygens (including phenoxy) is 2. The maximum Gasteiger partial charge on any atom is 0.321 e. The third-order valence-electron chi connectivity index (χ3n) is 4.67. The van der Waals surface area contributed by atoms with Crippen LogP contribution in [0.1, 0.15) is 12.8 Å². The van der Waals surface area contributed by atoms with Crippen molar-refractivity contribution in [1.29, 1.82) is 0 Å². The number of likely N-dealkylation sites (tertiary alicyclic amines) is 1. The maximum atomic E-state index is 12.4. The molecule has 0 spiro atoms. The van der Waals surface area contributed by atoms with Crippen molar-refractivity contribution in [2.45, 2.75) is 18.9 Å². The molecule has 0 atom stereocenters. The molecule has 146 valence electrons. The number of rotatable bonds is 4. The number of aromatic nitrogens is 1. The number of nitrogens with zero attached hydrogens (tertiary/aromatic N) is 2. The number of piperidine rings is 1. The van der Waals surface area contributed by atoms with E-state index in [1.54, 1.807) is 36.3 Å².